The van der Waals surface area contributed by atoms with Gasteiger partial charge in [0.25, 0.3) is 0 Å². The molecule has 2 aromatic carbocycles. The molecule has 3 atom stereocenters. The number of aliphatic hydroxyl groups is 1. The average molecular weight is 381 g/mol. The summed E-state index contributed by atoms with van der Waals surface area (Å²) < 4.78 is 26.1. The first-order valence-electron chi connectivity index (χ1n) is 7.65. The van der Waals surface area contributed by atoms with Gasteiger partial charge in [0.15, 0.2) is 9.84 Å². The molecule has 3 rings (SSSR count). The molecule has 0 heterocycles. The first-order valence-corrected chi connectivity index (χ1v) is 9.58. The fourth-order valence-electron chi connectivity index (χ4n) is 3.42. The van der Waals surface area contributed by atoms with Gasteiger partial charge in [-0.2, -0.15) is 0 Å². The molecule has 2 N–H and O–H groups in total. The lowest BCUT2D eigenvalue weighted by Crippen LogP contribution is -2.27. The summed E-state index contributed by atoms with van der Waals surface area (Å²) in [7, 11) is -3.94. The van der Waals surface area contributed by atoms with Crippen molar-refractivity contribution in [2.24, 2.45) is 5.41 Å². The third kappa shape index (κ3) is 2.74. The van der Waals surface area contributed by atoms with E-state index in [1.165, 1.54) is 12.1 Å². The number of carboxylic acids is 1. The fourth-order valence-corrected chi connectivity index (χ4v) is 5.98. The van der Waals surface area contributed by atoms with Gasteiger partial charge in [0.2, 0.25) is 0 Å². The molecule has 2 aromatic rings. The Labute approximate surface area is 150 Å². The molecule has 1 saturated carbocycles. The maximum absolute atomic E-state index is 13.0. The molecular formula is C18H17ClO5S. The van der Waals surface area contributed by atoms with Gasteiger partial charge in [0.05, 0.1) is 16.8 Å². The zero-order chi connectivity index (χ0) is 18.4. The third-order valence-corrected chi connectivity index (χ3v) is 7.33. The summed E-state index contributed by atoms with van der Waals surface area (Å²) in [4.78, 5) is 11.9. The predicted octanol–water partition coefficient (Wildman–Crippen LogP) is 2.65. The number of hydrogen-bond donors (Lipinski definition) is 2. The van der Waals surface area contributed by atoms with Crippen LogP contribution >= 0.6 is 11.6 Å². The minimum Gasteiger partial charge on any atom is -0.481 e. The van der Waals surface area contributed by atoms with Crippen molar-refractivity contribution in [3.63, 3.8) is 0 Å². The molecule has 1 aliphatic rings. The summed E-state index contributed by atoms with van der Waals surface area (Å²) in [5, 5.41) is 18.6. The van der Waals surface area contributed by atoms with Crippen molar-refractivity contribution in [3.8, 4) is 0 Å². The van der Waals surface area contributed by atoms with Gasteiger partial charge in [0, 0.05) is 10.9 Å². The molecule has 132 valence electrons. The van der Waals surface area contributed by atoms with Crippen molar-refractivity contribution in [1.82, 2.24) is 0 Å². The zero-order valence-electron chi connectivity index (χ0n) is 13.4. The number of sulfone groups is 1. The number of aryl methyl sites for hydroxylation is 1. The number of halogens is 1. The van der Waals surface area contributed by atoms with Crippen LogP contribution in [0.3, 0.4) is 0 Å². The van der Waals surface area contributed by atoms with Crippen LogP contribution in [0, 0.1) is 12.3 Å². The Hall–Kier alpha value is -1.89. The Morgan fingerprint density at radius 1 is 1.20 bits per heavy atom. The molecular weight excluding hydrogens is 364 g/mol. The van der Waals surface area contributed by atoms with Gasteiger partial charge in [-0.25, -0.2) is 8.42 Å². The highest BCUT2D eigenvalue weighted by Gasteiger charge is 2.75. The van der Waals surface area contributed by atoms with Crippen LogP contribution in [-0.2, 0) is 14.6 Å². The van der Waals surface area contributed by atoms with Crippen molar-refractivity contribution < 1.29 is 23.4 Å². The second-order valence-corrected chi connectivity index (χ2v) is 8.82. The van der Waals surface area contributed by atoms with Gasteiger partial charge in [-0.05, 0) is 36.8 Å². The maximum atomic E-state index is 13.0. The molecule has 0 aromatic heterocycles. The summed E-state index contributed by atoms with van der Waals surface area (Å²) in [5.74, 6) is -2.19. The largest absolute Gasteiger partial charge is 0.481 e. The van der Waals surface area contributed by atoms with E-state index in [-0.39, 0.29) is 4.90 Å². The maximum Gasteiger partial charge on any atom is 0.314 e. The number of aliphatic carboxylic acids is 1. The molecule has 1 fully saturated rings. The van der Waals surface area contributed by atoms with Crippen LogP contribution in [0.5, 0.6) is 0 Å². The van der Waals surface area contributed by atoms with Crippen LogP contribution in [0.25, 0.3) is 0 Å². The highest BCUT2D eigenvalue weighted by Crippen LogP contribution is 2.64. The molecule has 0 bridgehead atoms. The molecule has 0 aliphatic heterocycles. The molecule has 1 aliphatic carbocycles. The van der Waals surface area contributed by atoms with Crippen LogP contribution in [-0.4, -0.2) is 36.5 Å². The summed E-state index contributed by atoms with van der Waals surface area (Å²) in [6.07, 6.45) is 0. The lowest BCUT2D eigenvalue weighted by molar-refractivity contribution is -0.145. The third-order valence-electron chi connectivity index (χ3n) is 4.81. The van der Waals surface area contributed by atoms with E-state index in [9.17, 15) is 23.4 Å². The second-order valence-electron chi connectivity index (χ2n) is 6.31. The first-order chi connectivity index (χ1) is 11.7. The number of rotatable bonds is 5. The summed E-state index contributed by atoms with van der Waals surface area (Å²) in [6, 6.07) is 12.7. The Balaban J connectivity index is 2.12. The Morgan fingerprint density at radius 2 is 1.84 bits per heavy atom. The van der Waals surface area contributed by atoms with Gasteiger partial charge in [0.1, 0.15) is 5.41 Å². The number of aliphatic hydroxyl groups excluding tert-OH is 1. The Bertz CT molecular complexity index is 923. The number of carbonyl (C=O) groups is 1. The minimum atomic E-state index is -3.94. The van der Waals surface area contributed by atoms with Gasteiger partial charge >= 0.3 is 5.97 Å². The van der Waals surface area contributed by atoms with Crippen LogP contribution in [0.1, 0.15) is 17.0 Å². The molecule has 25 heavy (non-hydrogen) atoms. The monoisotopic (exact) mass is 380 g/mol. The van der Waals surface area contributed by atoms with E-state index in [1.807, 2.05) is 6.92 Å². The van der Waals surface area contributed by atoms with E-state index in [1.54, 1.807) is 36.4 Å². The molecule has 0 saturated heterocycles. The van der Waals surface area contributed by atoms with E-state index in [0.717, 1.165) is 5.56 Å². The van der Waals surface area contributed by atoms with Crippen molar-refractivity contribution >= 4 is 27.4 Å². The van der Waals surface area contributed by atoms with E-state index in [2.05, 4.69) is 0 Å². The number of carboxylic acid groups (broad SMARTS) is 1. The van der Waals surface area contributed by atoms with E-state index < -0.39 is 39.0 Å². The molecule has 7 heteroatoms. The average Bonchev–Trinajstić information content (AvgIpc) is 3.27. The molecule has 0 unspecified atom stereocenters. The quantitative estimate of drug-likeness (QED) is 0.832. The smallest absolute Gasteiger partial charge is 0.314 e. The van der Waals surface area contributed by atoms with Crippen LogP contribution in [0.2, 0.25) is 5.02 Å². The van der Waals surface area contributed by atoms with Gasteiger partial charge in [-0.3, -0.25) is 4.79 Å². The molecule has 0 spiro atoms. The standard InChI is InChI=1S/C18H17ClO5S/c1-11-5-7-14(8-6-11)25(23,24)16-15(18(16,10-20)17(21)22)12-3-2-4-13(19)9-12/h2-9,15-16,20H,10H2,1H3,(H,21,22)/t15-,16+,18+/m0/s1. The molecule has 0 radical (unpaired) electrons. The lowest BCUT2D eigenvalue weighted by Gasteiger charge is -2.09. The number of hydrogen-bond acceptors (Lipinski definition) is 4. The van der Waals surface area contributed by atoms with Gasteiger partial charge in [-0.15, -0.1) is 0 Å². The first kappa shape index (κ1) is 17.9. The van der Waals surface area contributed by atoms with Gasteiger partial charge < -0.3 is 10.2 Å². The van der Waals surface area contributed by atoms with Crippen molar-refractivity contribution in [2.45, 2.75) is 23.0 Å². The summed E-state index contributed by atoms with van der Waals surface area (Å²) >= 11 is 5.97. The van der Waals surface area contributed by atoms with Crippen LogP contribution in [0.15, 0.2) is 53.4 Å². The Kier molecular flexibility index (Phi) is 4.39. The van der Waals surface area contributed by atoms with Crippen LogP contribution in [0.4, 0.5) is 0 Å². The normalized spacial score (nSPS) is 25.6. The second kappa shape index (κ2) is 6.12. The van der Waals surface area contributed by atoms with Crippen molar-refractivity contribution in [3.05, 3.63) is 64.7 Å². The van der Waals surface area contributed by atoms with E-state index in [0.29, 0.717) is 10.6 Å². The molecule has 5 nitrogen and oxygen atoms in total. The van der Waals surface area contributed by atoms with Crippen molar-refractivity contribution in [2.75, 3.05) is 6.61 Å². The van der Waals surface area contributed by atoms with Gasteiger partial charge in [-0.1, -0.05) is 41.4 Å². The number of benzene rings is 2. The minimum absolute atomic E-state index is 0.0479. The van der Waals surface area contributed by atoms with E-state index in [4.69, 9.17) is 11.6 Å². The lowest BCUT2D eigenvalue weighted by atomic mass is 10.0. The summed E-state index contributed by atoms with van der Waals surface area (Å²) in [6.45, 7) is 1.06. The highest BCUT2D eigenvalue weighted by molar-refractivity contribution is 7.92. The SMILES string of the molecule is Cc1ccc(S(=O)(=O)[C@@H]2[C@H](c3cccc(Cl)c3)[C@@]2(CO)C(=O)O)cc1. The highest BCUT2D eigenvalue weighted by atomic mass is 35.5. The topological polar surface area (TPSA) is 91.7 Å². The fraction of sp³-hybridized carbons (Fsp3) is 0.278. The van der Waals surface area contributed by atoms with Crippen molar-refractivity contribution in [1.29, 1.82) is 0 Å². The molecule has 0 amide bonds. The van der Waals surface area contributed by atoms with Crippen LogP contribution < -0.4 is 0 Å². The predicted molar refractivity (Wildman–Crippen MR) is 93.5 cm³/mol. The Morgan fingerprint density at radius 3 is 2.36 bits per heavy atom. The summed E-state index contributed by atoms with van der Waals surface area (Å²) in [5.41, 5.74) is -0.383. The zero-order valence-corrected chi connectivity index (χ0v) is 15.0. The van der Waals surface area contributed by atoms with E-state index >= 15 is 0 Å².